The van der Waals surface area contributed by atoms with Gasteiger partial charge in [-0.15, -0.1) is 0 Å². The molecule has 0 aliphatic carbocycles. The number of hydrogen-bond donors (Lipinski definition) is 0. The smallest absolute Gasteiger partial charge is 0.236 e. The minimum absolute atomic E-state index is 0.0196. The highest BCUT2D eigenvalue weighted by atomic mass is 16.2. The van der Waals surface area contributed by atoms with Gasteiger partial charge in [-0.05, 0) is 6.42 Å². The van der Waals surface area contributed by atoms with Crippen molar-refractivity contribution in [2.75, 3.05) is 33.2 Å². The first-order chi connectivity index (χ1) is 6.63. The normalized spacial score (nSPS) is 21.9. The van der Waals surface area contributed by atoms with Crippen LogP contribution in [0, 0.1) is 5.92 Å². The summed E-state index contributed by atoms with van der Waals surface area (Å²) in [6.45, 7) is 4.77. The molecule has 0 spiro atoms. The molecule has 1 rings (SSSR count). The zero-order valence-corrected chi connectivity index (χ0v) is 8.90. The molecule has 1 unspecified atom stereocenters. The molecule has 80 valence electrons. The standard InChI is InChI=1S/C10H18N2O2/c1-9(8-13)6-12-5-3-4-11(2)10(14)7-12/h8-9H,3-7H2,1-2H3. The Kier molecular flexibility index (Phi) is 4.07. The van der Waals surface area contributed by atoms with Gasteiger partial charge in [-0.1, -0.05) is 6.92 Å². The molecular formula is C10H18N2O2. The molecule has 4 nitrogen and oxygen atoms in total. The molecule has 0 N–H and O–H groups in total. The summed E-state index contributed by atoms with van der Waals surface area (Å²) < 4.78 is 0. The summed E-state index contributed by atoms with van der Waals surface area (Å²) >= 11 is 0. The number of hydrogen-bond acceptors (Lipinski definition) is 3. The van der Waals surface area contributed by atoms with Crippen molar-refractivity contribution < 1.29 is 9.59 Å². The van der Waals surface area contributed by atoms with Crippen LogP contribution in [0.1, 0.15) is 13.3 Å². The first-order valence-corrected chi connectivity index (χ1v) is 5.05. The average Bonchev–Trinajstić information content (AvgIpc) is 2.30. The van der Waals surface area contributed by atoms with Crippen LogP contribution in [0.15, 0.2) is 0 Å². The Labute approximate surface area is 84.9 Å². The molecule has 1 heterocycles. The molecule has 0 bridgehead atoms. The van der Waals surface area contributed by atoms with E-state index in [1.165, 1.54) is 0 Å². The van der Waals surface area contributed by atoms with Gasteiger partial charge in [0.15, 0.2) is 0 Å². The molecule has 1 atom stereocenters. The van der Waals surface area contributed by atoms with Crippen LogP contribution >= 0.6 is 0 Å². The molecule has 4 heteroatoms. The second-order valence-electron chi connectivity index (χ2n) is 4.02. The van der Waals surface area contributed by atoms with Crippen molar-refractivity contribution >= 4 is 12.2 Å². The topological polar surface area (TPSA) is 40.6 Å². The van der Waals surface area contributed by atoms with Crippen LogP contribution in [0.4, 0.5) is 0 Å². The number of carbonyl (C=O) groups excluding carboxylic acids is 2. The van der Waals surface area contributed by atoms with Crippen molar-refractivity contribution in [3.05, 3.63) is 0 Å². The average molecular weight is 198 g/mol. The van der Waals surface area contributed by atoms with E-state index in [9.17, 15) is 9.59 Å². The highest BCUT2D eigenvalue weighted by molar-refractivity contribution is 5.78. The third kappa shape index (κ3) is 3.10. The fourth-order valence-corrected chi connectivity index (χ4v) is 1.65. The van der Waals surface area contributed by atoms with E-state index < -0.39 is 0 Å². The molecule has 1 aliphatic rings. The lowest BCUT2D eigenvalue weighted by Crippen LogP contribution is -2.36. The van der Waals surface area contributed by atoms with Gasteiger partial charge in [0.1, 0.15) is 6.29 Å². The lowest BCUT2D eigenvalue weighted by atomic mass is 10.2. The maximum atomic E-state index is 11.5. The molecular weight excluding hydrogens is 180 g/mol. The number of amides is 1. The van der Waals surface area contributed by atoms with Crippen LogP contribution in [0.5, 0.6) is 0 Å². The molecule has 1 fully saturated rings. The van der Waals surface area contributed by atoms with E-state index in [1.54, 1.807) is 4.90 Å². The second kappa shape index (κ2) is 5.10. The maximum absolute atomic E-state index is 11.5. The first kappa shape index (κ1) is 11.2. The summed E-state index contributed by atoms with van der Waals surface area (Å²) in [5, 5.41) is 0. The van der Waals surface area contributed by atoms with Crippen molar-refractivity contribution in [2.24, 2.45) is 5.92 Å². The third-order valence-corrected chi connectivity index (χ3v) is 2.53. The highest BCUT2D eigenvalue weighted by Crippen LogP contribution is 2.04. The summed E-state index contributed by atoms with van der Waals surface area (Å²) in [5.74, 6) is 0.173. The fraction of sp³-hybridized carbons (Fsp3) is 0.800. The Hall–Kier alpha value is -0.900. The van der Waals surface area contributed by atoms with Gasteiger partial charge >= 0.3 is 0 Å². The van der Waals surface area contributed by atoms with E-state index in [2.05, 4.69) is 4.90 Å². The Morgan fingerprint density at radius 3 is 2.86 bits per heavy atom. The highest BCUT2D eigenvalue weighted by Gasteiger charge is 2.19. The lowest BCUT2D eigenvalue weighted by Gasteiger charge is -2.20. The molecule has 0 aromatic rings. The predicted octanol–water partition coefficient (Wildman–Crippen LogP) is -0.0145. The monoisotopic (exact) mass is 198 g/mol. The van der Waals surface area contributed by atoms with Crippen LogP contribution < -0.4 is 0 Å². The van der Waals surface area contributed by atoms with Crippen LogP contribution in [0.3, 0.4) is 0 Å². The minimum Gasteiger partial charge on any atom is -0.345 e. The molecule has 14 heavy (non-hydrogen) atoms. The van der Waals surface area contributed by atoms with Gasteiger partial charge in [-0.2, -0.15) is 0 Å². The molecule has 0 saturated carbocycles. The Morgan fingerprint density at radius 2 is 2.21 bits per heavy atom. The molecule has 0 aromatic heterocycles. The zero-order valence-electron chi connectivity index (χ0n) is 8.90. The lowest BCUT2D eigenvalue weighted by molar-refractivity contribution is -0.130. The summed E-state index contributed by atoms with van der Waals surface area (Å²) in [7, 11) is 1.83. The van der Waals surface area contributed by atoms with Gasteiger partial charge < -0.3 is 9.69 Å². The minimum atomic E-state index is 0.0196. The SMILES string of the molecule is CC(C=O)CN1CCCN(C)C(=O)C1. The molecule has 1 amide bonds. The summed E-state index contributed by atoms with van der Waals surface area (Å²) in [5.41, 5.74) is 0. The first-order valence-electron chi connectivity index (χ1n) is 5.05. The van der Waals surface area contributed by atoms with Crippen molar-refractivity contribution in [1.82, 2.24) is 9.80 Å². The third-order valence-electron chi connectivity index (χ3n) is 2.53. The molecule has 0 aromatic carbocycles. The largest absolute Gasteiger partial charge is 0.345 e. The van der Waals surface area contributed by atoms with Gasteiger partial charge in [0, 0.05) is 32.6 Å². The quantitative estimate of drug-likeness (QED) is 0.599. The van der Waals surface area contributed by atoms with Gasteiger partial charge in [0.05, 0.1) is 6.54 Å². The second-order valence-corrected chi connectivity index (χ2v) is 4.02. The van der Waals surface area contributed by atoms with Crippen LogP contribution in [-0.2, 0) is 9.59 Å². The summed E-state index contributed by atoms with van der Waals surface area (Å²) in [6, 6.07) is 0. The van der Waals surface area contributed by atoms with E-state index in [-0.39, 0.29) is 11.8 Å². The van der Waals surface area contributed by atoms with Gasteiger partial charge in [0.25, 0.3) is 0 Å². The van der Waals surface area contributed by atoms with Crippen molar-refractivity contribution in [1.29, 1.82) is 0 Å². The van der Waals surface area contributed by atoms with E-state index in [0.29, 0.717) is 13.1 Å². The van der Waals surface area contributed by atoms with Gasteiger partial charge in [-0.3, -0.25) is 9.69 Å². The van der Waals surface area contributed by atoms with E-state index in [1.807, 2.05) is 14.0 Å². The Balaban J connectivity index is 2.46. The Morgan fingerprint density at radius 1 is 1.50 bits per heavy atom. The molecule has 1 aliphatic heterocycles. The zero-order chi connectivity index (χ0) is 10.6. The van der Waals surface area contributed by atoms with Crippen molar-refractivity contribution in [3.8, 4) is 0 Å². The van der Waals surface area contributed by atoms with Crippen LogP contribution in [0.25, 0.3) is 0 Å². The Bertz CT molecular complexity index is 218. The predicted molar refractivity (Wildman–Crippen MR) is 53.9 cm³/mol. The van der Waals surface area contributed by atoms with E-state index in [0.717, 1.165) is 25.8 Å². The summed E-state index contributed by atoms with van der Waals surface area (Å²) in [6.07, 6.45) is 1.94. The van der Waals surface area contributed by atoms with E-state index in [4.69, 9.17) is 0 Å². The van der Waals surface area contributed by atoms with Crippen molar-refractivity contribution in [3.63, 3.8) is 0 Å². The maximum Gasteiger partial charge on any atom is 0.236 e. The van der Waals surface area contributed by atoms with Crippen LogP contribution in [-0.4, -0.2) is 55.2 Å². The van der Waals surface area contributed by atoms with E-state index >= 15 is 0 Å². The fourth-order valence-electron chi connectivity index (χ4n) is 1.65. The number of carbonyl (C=O) groups is 2. The molecule has 1 saturated heterocycles. The summed E-state index contributed by atoms with van der Waals surface area (Å²) in [4.78, 5) is 25.8. The number of nitrogens with zero attached hydrogens (tertiary/aromatic N) is 2. The molecule has 0 radical (unpaired) electrons. The van der Waals surface area contributed by atoms with Gasteiger partial charge in [-0.25, -0.2) is 0 Å². The number of aldehydes is 1. The number of rotatable bonds is 3. The van der Waals surface area contributed by atoms with Gasteiger partial charge in [0.2, 0.25) is 5.91 Å². The van der Waals surface area contributed by atoms with Crippen molar-refractivity contribution in [2.45, 2.75) is 13.3 Å². The number of likely N-dealkylation sites (N-methyl/N-ethyl adjacent to an activating group) is 1. The van der Waals surface area contributed by atoms with Crippen LogP contribution in [0.2, 0.25) is 0 Å².